The van der Waals surface area contributed by atoms with Crippen LogP contribution < -0.4 is 11.4 Å². The number of aliphatic hydroxyl groups is 1. The molecule has 0 saturated carbocycles. The molecule has 4 atom stereocenters. The van der Waals surface area contributed by atoms with E-state index in [1.165, 1.54) is 128 Å². The molecule has 11 heteroatoms. The zero-order valence-corrected chi connectivity index (χ0v) is 34.8. The molecule has 1 fully saturated rings. The van der Waals surface area contributed by atoms with E-state index < -0.39 is 36.2 Å². The number of carbonyl (C=O) groups excluding carboxylic acids is 2. The average molecular weight is 846 g/mol. The van der Waals surface area contributed by atoms with E-state index in [-0.39, 0.29) is 24.8 Å². The zero-order valence-electron chi connectivity index (χ0n) is 32.6. The van der Waals surface area contributed by atoms with Gasteiger partial charge in [0.1, 0.15) is 24.6 Å². The van der Waals surface area contributed by atoms with Crippen LogP contribution in [0.5, 0.6) is 0 Å². The molecule has 3 N–H and O–H groups in total. The van der Waals surface area contributed by atoms with Gasteiger partial charge < -0.3 is 25.1 Å². The summed E-state index contributed by atoms with van der Waals surface area (Å²) in [5, 5.41) is 11.2. The number of nitrogens with zero attached hydrogens (tertiary/aromatic N) is 2. The molecule has 0 unspecified atom stereocenters. The van der Waals surface area contributed by atoms with Gasteiger partial charge in [0.25, 0.3) is 0 Å². The summed E-state index contributed by atoms with van der Waals surface area (Å²) in [7, 11) is 0. The van der Waals surface area contributed by atoms with Gasteiger partial charge in [0, 0.05) is 19.0 Å². The van der Waals surface area contributed by atoms with Crippen LogP contribution in [0.15, 0.2) is 11.0 Å². The number of carbonyl (C=O) groups is 2. The minimum atomic E-state index is -1.36. The van der Waals surface area contributed by atoms with Crippen LogP contribution in [0.4, 0.5) is 5.82 Å². The van der Waals surface area contributed by atoms with Gasteiger partial charge in [0.15, 0.2) is 12.3 Å². The quantitative estimate of drug-likeness (QED) is 0.0412. The van der Waals surface area contributed by atoms with Gasteiger partial charge in [-0.25, -0.2) is 4.79 Å². The Balaban J connectivity index is 1.72. The van der Waals surface area contributed by atoms with Crippen molar-refractivity contribution < 1.29 is 28.9 Å². The van der Waals surface area contributed by atoms with E-state index >= 15 is 0 Å². The molecule has 0 aromatic carbocycles. The Kier molecular flexibility index (Phi) is 26.4. The van der Waals surface area contributed by atoms with Crippen LogP contribution >= 0.6 is 22.6 Å². The number of hydrogen-bond donors (Lipinski definition) is 2. The summed E-state index contributed by atoms with van der Waals surface area (Å²) in [6.07, 6.45) is 29.0. The lowest BCUT2D eigenvalue weighted by Gasteiger charge is -2.21. The number of anilines is 1. The summed E-state index contributed by atoms with van der Waals surface area (Å²) < 4.78 is 19.0. The molecule has 10 nitrogen and oxygen atoms in total. The van der Waals surface area contributed by atoms with Crippen LogP contribution in [0.3, 0.4) is 0 Å². The fourth-order valence-corrected chi connectivity index (χ4v) is 7.32. The number of unbranched alkanes of at least 4 members (excludes halogenated alkanes) is 24. The van der Waals surface area contributed by atoms with Crippen molar-refractivity contribution in [3.8, 4) is 0 Å². The molecule has 1 saturated heterocycles. The molecule has 1 aliphatic heterocycles. The van der Waals surface area contributed by atoms with Gasteiger partial charge in [-0.2, -0.15) is 4.98 Å². The summed E-state index contributed by atoms with van der Waals surface area (Å²) in [6.45, 7) is 4.30. The van der Waals surface area contributed by atoms with Crippen LogP contribution in [0, 0.1) is 3.57 Å². The van der Waals surface area contributed by atoms with Gasteiger partial charge in [-0.1, -0.05) is 168 Å². The van der Waals surface area contributed by atoms with E-state index in [1.807, 2.05) is 22.6 Å². The van der Waals surface area contributed by atoms with Crippen LogP contribution in [0.2, 0.25) is 0 Å². The lowest BCUT2D eigenvalue weighted by Crippen LogP contribution is -2.40. The summed E-state index contributed by atoms with van der Waals surface area (Å²) in [5.41, 5.74) is 5.10. The third kappa shape index (κ3) is 20.1. The minimum absolute atomic E-state index is 0.0776. The molecule has 0 amide bonds. The Hall–Kier alpha value is -1.73. The number of nitrogens with two attached hydrogens (primary N) is 1. The van der Waals surface area contributed by atoms with Gasteiger partial charge in [0.05, 0.1) is 3.57 Å². The molecule has 0 spiro atoms. The third-order valence-corrected chi connectivity index (χ3v) is 11.0. The van der Waals surface area contributed by atoms with Crippen LogP contribution in [0.1, 0.15) is 200 Å². The van der Waals surface area contributed by atoms with Crippen molar-refractivity contribution in [1.82, 2.24) is 9.55 Å². The second-order valence-corrected chi connectivity index (χ2v) is 16.0. The fourth-order valence-electron chi connectivity index (χ4n) is 6.90. The van der Waals surface area contributed by atoms with Crippen LogP contribution in [-0.2, 0) is 23.8 Å². The molecule has 300 valence electrons. The van der Waals surface area contributed by atoms with E-state index in [1.54, 1.807) is 0 Å². The molecule has 1 aliphatic rings. The van der Waals surface area contributed by atoms with Crippen LogP contribution in [-0.4, -0.2) is 51.5 Å². The Morgan fingerprint density at radius 1 is 0.731 bits per heavy atom. The third-order valence-electron chi connectivity index (χ3n) is 10.2. The summed E-state index contributed by atoms with van der Waals surface area (Å²) in [6, 6.07) is 0. The maximum atomic E-state index is 12.9. The molecule has 0 aliphatic carbocycles. The van der Waals surface area contributed by atoms with E-state index in [9.17, 15) is 19.5 Å². The number of ether oxygens (including phenoxy) is 3. The number of esters is 2. The SMILES string of the molecule is CCCCCCCCCCCCCCCC(=O)OC[C@H]1O[C@@H](n2cc(I)c(N)nc2=O)[C@@H](O)[C@@H]1OC(=O)CCCCCCCCCCCCCCC. The number of halogens is 1. The Morgan fingerprint density at radius 2 is 1.13 bits per heavy atom. The number of rotatable bonds is 32. The van der Waals surface area contributed by atoms with Crippen molar-refractivity contribution in [1.29, 1.82) is 0 Å². The normalized spacial score (nSPS) is 18.5. The van der Waals surface area contributed by atoms with Crippen LogP contribution in [0.25, 0.3) is 0 Å². The van der Waals surface area contributed by atoms with E-state index in [2.05, 4.69) is 18.8 Å². The van der Waals surface area contributed by atoms with Crippen molar-refractivity contribution in [2.24, 2.45) is 0 Å². The summed E-state index contributed by atoms with van der Waals surface area (Å²) in [5.74, 6) is -0.728. The summed E-state index contributed by atoms with van der Waals surface area (Å²) >= 11 is 1.95. The first kappa shape index (κ1) is 46.4. The largest absolute Gasteiger partial charge is 0.463 e. The predicted octanol–water partition coefficient (Wildman–Crippen LogP) is 10.1. The molecule has 1 aromatic heterocycles. The second-order valence-electron chi connectivity index (χ2n) is 14.8. The highest BCUT2D eigenvalue weighted by Crippen LogP contribution is 2.32. The lowest BCUT2D eigenvalue weighted by molar-refractivity contribution is -0.160. The average Bonchev–Trinajstić information content (AvgIpc) is 3.43. The Morgan fingerprint density at radius 3 is 1.58 bits per heavy atom. The number of aromatic nitrogens is 2. The highest BCUT2D eigenvalue weighted by molar-refractivity contribution is 14.1. The van der Waals surface area contributed by atoms with Gasteiger partial charge in [0.2, 0.25) is 0 Å². The first-order valence-electron chi connectivity index (χ1n) is 21.0. The number of aliphatic hydroxyl groups excluding tert-OH is 1. The maximum absolute atomic E-state index is 12.9. The molecule has 2 heterocycles. The first-order valence-corrected chi connectivity index (χ1v) is 22.1. The topological polar surface area (TPSA) is 143 Å². The van der Waals surface area contributed by atoms with Gasteiger partial charge >= 0.3 is 17.6 Å². The Labute approximate surface area is 328 Å². The molecule has 52 heavy (non-hydrogen) atoms. The van der Waals surface area contributed by atoms with Crippen molar-refractivity contribution in [3.05, 3.63) is 20.3 Å². The first-order chi connectivity index (χ1) is 25.3. The highest BCUT2D eigenvalue weighted by Gasteiger charge is 2.48. The summed E-state index contributed by atoms with van der Waals surface area (Å²) in [4.78, 5) is 42.0. The molecule has 0 radical (unpaired) electrons. The zero-order chi connectivity index (χ0) is 37.8. The number of nitrogen functional groups attached to an aromatic ring is 1. The highest BCUT2D eigenvalue weighted by atomic mass is 127. The van der Waals surface area contributed by atoms with Crippen molar-refractivity contribution in [2.75, 3.05) is 12.3 Å². The minimum Gasteiger partial charge on any atom is -0.463 e. The molecular weight excluding hydrogens is 773 g/mol. The fraction of sp³-hybridized carbons (Fsp3) is 0.854. The number of hydrogen-bond acceptors (Lipinski definition) is 9. The van der Waals surface area contributed by atoms with E-state index in [4.69, 9.17) is 19.9 Å². The smallest absolute Gasteiger partial charge is 0.351 e. The molecule has 2 rings (SSSR count). The van der Waals surface area contributed by atoms with Crippen molar-refractivity contribution in [2.45, 2.75) is 218 Å². The van der Waals surface area contributed by atoms with Gasteiger partial charge in [-0.15, -0.1) is 0 Å². The molecule has 1 aromatic rings. The second kappa shape index (κ2) is 29.6. The predicted molar refractivity (Wildman–Crippen MR) is 217 cm³/mol. The van der Waals surface area contributed by atoms with E-state index in [0.717, 1.165) is 43.1 Å². The van der Waals surface area contributed by atoms with Gasteiger partial charge in [-0.05, 0) is 35.4 Å². The van der Waals surface area contributed by atoms with Crippen molar-refractivity contribution in [3.63, 3.8) is 0 Å². The monoisotopic (exact) mass is 845 g/mol. The van der Waals surface area contributed by atoms with Gasteiger partial charge in [-0.3, -0.25) is 14.2 Å². The van der Waals surface area contributed by atoms with Crippen molar-refractivity contribution >= 4 is 40.3 Å². The molecular formula is C41H72IN3O7. The lowest BCUT2D eigenvalue weighted by atomic mass is 10.0. The van der Waals surface area contributed by atoms with E-state index in [0.29, 0.717) is 16.4 Å². The maximum Gasteiger partial charge on any atom is 0.351 e. The molecule has 0 bridgehead atoms. The standard InChI is InChI=1S/C41H72IN3O7/c1-3-5-7-9-11-13-15-17-19-21-23-25-27-29-35(46)50-32-34-38(37(48)40(51-34)45-31-33(42)39(43)44-41(45)49)52-36(47)30-28-26-24-22-20-18-16-14-12-10-8-6-4-2/h31,34,37-38,40,48H,3-30,32H2,1-2H3,(H2,43,44,49)/t34-,37+,38-,40-/m1/s1. The Bertz CT molecular complexity index is 1150.